The lowest BCUT2D eigenvalue weighted by atomic mass is 9.89. The minimum Gasteiger partial charge on any atom is -0.497 e. The number of carbonyl (C=O) groups is 1. The lowest BCUT2D eigenvalue weighted by Gasteiger charge is -2.24. The van der Waals surface area contributed by atoms with Gasteiger partial charge in [-0.3, -0.25) is 0 Å². The third kappa shape index (κ3) is 4.63. The van der Waals surface area contributed by atoms with E-state index in [4.69, 9.17) is 4.74 Å². The fourth-order valence-electron chi connectivity index (χ4n) is 2.92. The van der Waals surface area contributed by atoms with Crippen molar-refractivity contribution in [3.8, 4) is 5.75 Å². The Bertz CT molecular complexity index is 498. The lowest BCUT2D eigenvalue weighted by Crippen LogP contribution is -2.42. The van der Waals surface area contributed by atoms with Crippen LogP contribution in [0.3, 0.4) is 0 Å². The summed E-state index contributed by atoms with van der Waals surface area (Å²) in [4.78, 5) is 11.8. The second-order valence-corrected chi connectivity index (χ2v) is 6.37. The van der Waals surface area contributed by atoms with Crippen molar-refractivity contribution in [1.82, 2.24) is 10.6 Å². The fourth-order valence-corrected chi connectivity index (χ4v) is 2.92. The summed E-state index contributed by atoms with van der Waals surface area (Å²) in [6.45, 7) is 3.08. The molecule has 5 nitrogen and oxygen atoms in total. The highest BCUT2D eigenvalue weighted by atomic mass is 16.5. The predicted octanol–water partition coefficient (Wildman–Crippen LogP) is 2.61. The smallest absolute Gasteiger partial charge is 0.314 e. The molecular weight excluding hydrogens is 280 g/mol. The lowest BCUT2D eigenvalue weighted by molar-refractivity contribution is 0.171. The summed E-state index contributed by atoms with van der Waals surface area (Å²) < 4.78 is 5.13. The van der Waals surface area contributed by atoms with E-state index in [2.05, 4.69) is 17.6 Å². The van der Waals surface area contributed by atoms with Crippen LogP contribution in [-0.4, -0.2) is 31.3 Å². The number of rotatable bonds is 6. The molecule has 0 saturated heterocycles. The number of amides is 2. The van der Waals surface area contributed by atoms with Gasteiger partial charge in [0.25, 0.3) is 0 Å². The van der Waals surface area contributed by atoms with E-state index >= 15 is 0 Å². The molecule has 1 aromatic carbocycles. The monoisotopic (exact) mass is 306 g/mol. The first-order valence-corrected chi connectivity index (χ1v) is 7.86. The molecular formula is C17H26N2O3. The first kappa shape index (κ1) is 16.6. The van der Waals surface area contributed by atoms with Gasteiger partial charge in [-0.15, -0.1) is 0 Å². The quantitative estimate of drug-likeness (QED) is 0.756. The zero-order valence-electron chi connectivity index (χ0n) is 13.4. The predicted molar refractivity (Wildman–Crippen MR) is 85.9 cm³/mol. The maximum absolute atomic E-state index is 11.8. The van der Waals surface area contributed by atoms with Crippen molar-refractivity contribution in [3.05, 3.63) is 29.8 Å². The molecule has 3 N–H and O–H groups in total. The number of nitrogens with one attached hydrogen (secondary N) is 2. The van der Waals surface area contributed by atoms with E-state index in [-0.39, 0.29) is 18.0 Å². The third-order valence-corrected chi connectivity index (χ3v) is 4.42. The summed E-state index contributed by atoms with van der Waals surface area (Å²) in [7, 11) is 1.58. The number of urea groups is 1. The van der Waals surface area contributed by atoms with Crippen LogP contribution in [-0.2, 0) is 0 Å². The molecule has 0 spiro atoms. The average Bonchev–Trinajstić information content (AvgIpc) is 2.98. The van der Waals surface area contributed by atoms with Gasteiger partial charge in [0.15, 0.2) is 0 Å². The second-order valence-electron chi connectivity index (χ2n) is 6.37. The Morgan fingerprint density at radius 3 is 2.77 bits per heavy atom. The summed E-state index contributed by atoms with van der Waals surface area (Å²) in [6.07, 6.45) is 4.07. The maximum atomic E-state index is 11.8. The van der Waals surface area contributed by atoms with Crippen molar-refractivity contribution in [3.63, 3.8) is 0 Å². The first-order chi connectivity index (χ1) is 10.5. The molecule has 0 aliphatic heterocycles. The van der Waals surface area contributed by atoms with Crippen molar-refractivity contribution in [2.24, 2.45) is 5.41 Å². The van der Waals surface area contributed by atoms with Crippen LogP contribution in [0.4, 0.5) is 4.79 Å². The topological polar surface area (TPSA) is 70.6 Å². The van der Waals surface area contributed by atoms with Gasteiger partial charge in [-0.25, -0.2) is 4.79 Å². The van der Waals surface area contributed by atoms with Crippen molar-refractivity contribution in [2.75, 3.05) is 20.2 Å². The maximum Gasteiger partial charge on any atom is 0.314 e. The van der Waals surface area contributed by atoms with Crippen molar-refractivity contribution >= 4 is 6.03 Å². The number of carbonyl (C=O) groups excluding carboxylic acids is 1. The number of hydrogen-bond acceptors (Lipinski definition) is 3. The number of ether oxygens (including phenoxy) is 1. The van der Waals surface area contributed by atoms with E-state index in [9.17, 15) is 9.90 Å². The van der Waals surface area contributed by atoms with Crippen molar-refractivity contribution in [2.45, 2.75) is 38.7 Å². The molecule has 22 heavy (non-hydrogen) atoms. The van der Waals surface area contributed by atoms with Crippen LogP contribution in [0.25, 0.3) is 0 Å². The molecule has 0 heterocycles. The molecule has 1 fully saturated rings. The summed E-state index contributed by atoms with van der Waals surface area (Å²) in [5.74, 6) is 0.690. The molecule has 1 unspecified atom stereocenters. The van der Waals surface area contributed by atoms with E-state index in [0.717, 1.165) is 5.56 Å². The Morgan fingerprint density at radius 1 is 1.36 bits per heavy atom. The Kier molecular flexibility index (Phi) is 5.66. The van der Waals surface area contributed by atoms with Crippen LogP contribution in [0.1, 0.15) is 44.3 Å². The number of benzene rings is 1. The van der Waals surface area contributed by atoms with Gasteiger partial charge in [0.05, 0.1) is 13.2 Å². The van der Waals surface area contributed by atoms with Gasteiger partial charge >= 0.3 is 6.03 Å². The minimum atomic E-state index is -0.747. The Hall–Kier alpha value is -1.75. The van der Waals surface area contributed by atoms with Gasteiger partial charge < -0.3 is 20.5 Å². The van der Waals surface area contributed by atoms with Gasteiger partial charge in [-0.05, 0) is 36.0 Å². The molecule has 0 bridgehead atoms. The number of aliphatic hydroxyl groups excluding tert-OH is 1. The normalized spacial score (nSPS) is 17.8. The van der Waals surface area contributed by atoms with Gasteiger partial charge in [-0.1, -0.05) is 31.9 Å². The molecule has 0 radical (unpaired) electrons. The largest absolute Gasteiger partial charge is 0.497 e. The second kappa shape index (κ2) is 7.49. The Morgan fingerprint density at radius 2 is 2.09 bits per heavy atom. The van der Waals surface area contributed by atoms with Crippen molar-refractivity contribution in [1.29, 1.82) is 0 Å². The summed E-state index contributed by atoms with van der Waals surface area (Å²) >= 11 is 0. The van der Waals surface area contributed by atoms with Gasteiger partial charge in [0, 0.05) is 13.1 Å². The van der Waals surface area contributed by atoms with Gasteiger partial charge in [0.2, 0.25) is 0 Å². The molecule has 1 aliphatic rings. The number of aliphatic hydroxyl groups is 1. The van der Waals surface area contributed by atoms with E-state index in [1.54, 1.807) is 13.2 Å². The Labute approximate surface area is 132 Å². The first-order valence-electron chi connectivity index (χ1n) is 7.86. The molecule has 2 rings (SSSR count). The highest BCUT2D eigenvalue weighted by Crippen LogP contribution is 2.36. The van der Waals surface area contributed by atoms with Crippen LogP contribution in [0.5, 0.6) is 5.75 Å². The molecule has 1 saturated carbocycles. The van der Waals surface area contributed by atoms with Crippen LogP contribution < -0.4 is 15.4 Å². The van der Waals surface area contributed by atoms with E-state index < -0.39 is 6.10 Å². The van der Waals surface area contributed by atoms with Crippen LogP contribution in [0.2, 0.25) is 0 Å². The fraction of sp³-hybridized carbons (Fsp3) is 0.588. The van der Waals surface area contributed by atoms with E-state index in [0.29, 0.717) is 12.3 Å². The van der Waals surface area contributed by atoms with Crippen molar-refractivity contribution < 1.29 is 14.6 Å². The SMILES string of the molecule is COc1cccc(C(O)CNC(=O)NCC2(C)CCCC2)c1. The molecule has 122 valence electrons. The van der Waals surface area contributed by atoms with Crippen LogP contribution in [0, 0.1) is 5.41 Å². The summed E-state index contributed by atoms with van der Waals surface area (Å²) in [5, 5.41) is 15.7. The van der Waals surface area contributed by atoms with Crippen LogP contribution in [0.15, 0.2) is 24.3 Å². The van der Waals surface area contributed by atoms with Crippen LogP contribution >= 0.6 is 0 Å². The molecule has 5 heteroatoms. The van der Waals surface area contributed by atoms with E-state index in [1.165, 1.54) is 25.7 Å². The zero-order chi connectivity index (χ0) is 16.0. The average molecular weight is 306 g/mol. The molecule has 0 aromatic heterocycles. The number of methoxy groups -OCH3 is 1. The highest BCUT2D eigenvalue weighted by Gasteiger charge is 2.28. The number of hydrogen-bond donors (Lipinski definition) is 3. The molecule has 1 aromatic rings. The summed E-state index contributed by atoms with van der Waals surface area (Å²) in [5.41, 5.74) is 0.949. The Balaban J connectivity index is 1.75. The summed E-state index contributed by atoms with van der Waals surface area (Å²) in [6, 6.07) is 6.99. The van der Waals surface area contributed by atoms with Gasteiger partial charge in [0.1, 0.15) is 5.75 Å². The molecule has 1 aliphatic carbocycles. The highest BCUT2D eigenvalue weighted by molar-refractivity contribution is 5.73. The van der Waals surface area contributed by atoms with Gasteiger partial charge in [-0.2, -0.15) is 0 Å². The third-order valence-electron chi connectivity index (χ3n) is 4.42. The molecule has 1 atom stereocenters. The minimum absolute atomic E-state index is 0.176. The standard InChI is InChI=1S/C17H26N2O3/c1-17(8-3-4-9-17)12-19-16(21)18-11-15(20)13-6-5-7-14(10-13)22-2/h5-7,10,15,20H,3-4,8-9,11-12H2,1-2H3,(H2,18,19,21). The molecule has 2 amide bonds. The van der Waals surface area contributed by atoms with E-state index in [1.807, 2.05) is 18.2 Å². The zero-order valence-corrected chi connectivity index (χ0v) is 13.4.